The Labute approximate surface area is 262 Å². The van der Waals surface area contributed by atoms with Crippen LogP contribution in [-0.2, 0) is 26.2 Å². The number of hydrogen-bond acceptors (Lipinski definition) is 4. The van der Waals surface area contributed by atoms with Gasteiger partial charge in [-0.2, -0.15) is 0 Å². The first-order chi connectivity index (χ1) is 19.9. The van der Waals surface area contributed by atoms with E-state index in [-0.39, 0.29) is 29.1 Å². The Morgan fingerprint density at radius 1 is 0.905 bits per heavy atom. The second-order valence-electron chi connectivity index (χ2n) is 10.6. The standard InChI is InChI=1S/C31H34Cl3N3O4S/c1-20-14-16-24(17-15-20)42(40,41)37(29-13-7-10-26(32)21(29)2)19-30(38)36(18-25-27(33)11-6-12-28(25)34)22(3)31(39)35-23-8-4-5-9-23/h6-7,10-17,22-23H,4-5,8-9,18-19H2,1-3H3,(H,35,39)/t22-/m1/s1. The molecule has 1 saturated carbocycles. The third-order valence-electron chi connectivity index (χ3n) is 7.65. The molecule has 1 N–H and O–H groups in total. The quantitative estimate of drug-likeness (QED) is 0.258. The Kier molecular flexibility index (Phi) is 10.5. The van der Waals surface area contributed by atoms with E-state index in [1.807, 2.05) is 6.92 Å². The second-order valence-corrected chi connectivity index (χ2v) is 13.7. The van der Waals surface area contributed by atoms with Crippen LogP contribution in [0.2, 0.25) is 15.1 Å². The first-order valence-corrected chi connectivity index (χ1v) is 16.3. The number of sulfonamides is 1. The van der Waals surface area contributed by atoms with Crippen LogP contribution in [0.5, 0.6) is 0 Å². The molecule has 0 unspecified atom stereocenters. The Morgan fingerprint density at radius 2 is 1.48 bits per heavy atom. The molecule has 2 amide bonds. The van der Waals surface area contributed by atoms with Gasteiger partial charge in [-0.25, -0.2) is 8.42 Å². The summed E-state index contributed by atoms with van der Waals surface area (Å²) in [6.07, 6.45) is 3.81. The zero-order valence-corrected chi connectivity index (χ0v) is 26.8. The Bertz CT molecular complexity index is 1540. The van der Waals surface area contributed by atoms with Crippen molar-refractivity contribution in [3.05, 3.63) is 92.4 Å². The summed E-state index contributed by atoms with van der Waals surface area (Å²) in [6.45, 7) is 4.49. The molecule has 1 aliphatic rings. The predicted octanol–water partition coefficient (Wildman–Crippen LogP) is 6.94. The first-order valence-electron chi connectivity index (χ1n) is 13.8. The largest absolute Gasteiger partial charge is 0.352 e. The van der Waals surface area contributed by atoms with Crippen molar-refractivity contribution in [1.82, 2.24) is 10.2 Å². The minimum Gasteiger partial charge on any atom is -0.352 e. The van der Waals surface area contributed by atoms with Crippen molar-refractivity contribution in [1.29, 1.82) is 0 Å². The van der Waals surface area contributed by atoms with Gasteiger partial charge in [-0.3, -0.25) is 13.9 Å². The van der Waals surface area contributed by atoms with Crippen LogP contribution < -0.4 is 9.62 Å². The van der Waals surface area contributed by atoms with Gasteiger partial charge in [0.1, 0.15) is 12.6 Å². The van der Waals surface area contributed by atoms with E-state index in [4.69, 9.17) is 34.8 Å². The summed E-state index contributed by atoms with van der Waals surface area (Å²) >= 11 is 19.3. The molecule has 4 rings (SSSR count). The maximum Gasteiger partial charge on any atom is 0.264 e. The van der Waals surface area contributed by atoms with Crippen molar-refractivity contribution in [2.45, 2.75) is 70.0 Å². The zero-order chi connectivity index (χ0) is 30.6. The van der Waals surface area contributed by atoms with E-state index >= 15 is 0 Å². The van der Waals surface area contributed by atoms with E-state index in [1.165, 1.54) is 17.0 Å². The van der Waals surface area contributed by atoms with Gasteiger partial charge in [-0.1, -0.05) is 77.5 Å². The third-order valence-corrected chi connectivity index (χ3v) is 10.5. The molecule has 0 aromatic heterocycles. The van der Waals surface area contributed by atoms with Crippen molar-refractivity contribution < 1.29 is 18.0 Å². The molecule has 0 saturated heterocycles. The van der Waals surface area contributed by atoms with Crippen molar-refractivity contribution in [2.75, 3.05) is 10.8 Å². The Hall–Kier alpha value is -2.78. The molecule has 1 aliphatic carbocycles. The lowest BCUT2D eigenvalue weighted by atomic mass is 10.1. The van der Waals surface area contributed by atoms with Crippen molar-refractivity contribution in [3.8, 4) is 0 Å². The zero-order valence-electron chi connectivity index (χ0n) is 23.7. The van der Waals surface area contributed by atoms with Crippen LogP contribution in [0.3, 0.4) is 0 Å². The highest BCUT2D eigenvalue weighted by molar-refractivity contribution is 7.92. The number of benzene rings is 3. The molecule has 11 heteroatoms. The van der Waals surface area contributed by atoms with E-state index in [0.717, 1.165) is 35.6 Å². The molecule has 42 heavy (non-hydrogen) atoms. The fraction of sp³-hybridized carbons (Fsp3) is 0.355. The van der Waals surface area contributed by atoms with Crippen LogP contribution >= 0.6 is 34.8 Å². The lowest BCUT2D eigenvalue weighted by molar-refractivity contribution is -0.139. The van der Waals surface area contributed by atoms with Crippen molar-refractivity contribution in [2.24, 2.45) is 0 Å². The summed E-state index contributed by atoms with van der Waals surface area (Å²) in [4.78, 5) is 28.9. The number of hydrogen-bond donors (Lipinski definition) is 1. The van der Waals surface area contributed by atoms with E-state index < -0.39 is 28.5 Å². The summed E-state index contributed by atoms with van der Waals surface area (Å²) in [7, 11) is -4.22. The lowest BCUT2D eigenvalue weighted by Crippen LogP contribution is -2.52. The fourth-order valence-electron chi connectivity index (χ4n) is 5.05. The number of halogens is 3. The van der Waals surface area contributed by atoms with Gasteiger partial charge in [0.15, 0.2) is 0 Å². The van der Waals surface area contributed by atoms with Gasteiger partial charge in [0, 0.05) is 33.2 Å². The van der Waals surface area contributed by atoms with Crippen molar-refractivity contribution in [3.63, 3.8) is 0 Å². The first kappa shape index (κ1) is 32.1. The minimum atomic E-state index is -4.22. The van der Waals surface area contributed by atoms with Crippen LogP contribution in [0.4, 0.5) is 5.69 Å². The predicted molar refractivity (Wildman–Crippen MR) is 169 cm³/mol. The van der Waals surface area contributed by atoms with Gasteiger partial charge >= 0.3 is 0 Å². The van der Waals surface area contributed by atoms with Gasteiger partial charge < -0.3 is 10.2 Å². The monoisotopic (exact) mass is 649 g/mol. The molecular weight excluding hydrogens is 617 g/mol. The van der Waals surface area contributed by atoms with Gasteiger partial charge in [0.25, 0.3) is 10.0 Å². The van der Waals surface area contributed by atoms with Gasteiger partial charge in [0.05, 0.1) is 10.6 Å². The van der Waals surface area contributed by atoms with Crippen LogP contribution in [-0.4, -0.2) is 43.8 Å². The van der Waals surface area contributed by atoms with Gasteiger partial charge in [-0.05, 0) is 75.6 Å². The van der Waals surface area contributed by atoms with Gasteiger partial charge in [0.2, 0.25) is 11.8 Å². The average molecular weight is 651 g/mol. The number of carbonyl (C=O) groups excluding carboxylic acids is 2. The molecule has 3 aromatic carbocycles. The molecule has 0 radical (unpaired) electrons. The number of rotatable bonds is 10. The smallest absolute Gasteiger partial charge is 0.264 e. The van der Waals surface area contributed by atoms with E-state index in [2.05, 4.69) is 5.32 Å². The maximum absolute atomic E-state index is 14.2. The summed E-state index contributed by atoms with van der Waals surface area (Å²) in [5, 5.41) is 4.06. The topological polar surface area (TPSA) is 86.8 Å². The number of nitrogens with zero attached hydrogens (tertiary/aromatic N) is 2. The highest BCUT2D eigenvalue weighted by Crippen LogP contribution is 2.32. The molecule has 0 bridgehead atoms. The highest BCUT2D eigenvalue weighted by Gasteiger charge is 2.34. The second kappa shape index (κ2) is 13.7. The summed E-state index contributed by atoms with van der Waals surface area (Å²) < 4.78 is 29.2. The van der Waals surface area contributed by atoms with Crippen LogP contribution in [0, 0.1) is 13.8 Å². The van der Waals surface area contributed by atoms with Crippen LogP contribution in [0.15, 0.2) is 65.6 Å². The van der Waals surface area contributed by atoms with E-state index in [1.54, 1.807) is 62.4 Å². The SMILES string of the molecule is Cc1ccc(S(=O)(=O)N(CC(=O)N(Cc2c(Cl)cccc2Cl)[C@H](C)C(=O)NC2CCCC2)c2cccc(Cl)c2C)cc1. The molecule has 0 aliphatic heterocycles. The number of carbonyl (C=O) groups is 2. The summed E-state index contributed by atoms with van der Waals surface area (Å²) in [5.74, 6) is -0.930. The number of aryl methyl sites for hydroxylation is 1. The number of nitrogens with one attached hydrogen (secondary N) is 1. The maximum atomic E-state index is 14.2. The third kappa shape index (κ3) is 7.22. The molecule has 1 atom stereocenters. The summed E-state index contributed by atoms with van der Waals surface area (Å²) in [5.41, 5.74) is 2.10. The Balaban J connectivity index is 1.75. The fourth-order valence-corrected chi connectivity index (χ4v) is 7.20. The normalized spacial score (nSPS) is 14.4. The molecule has 224 valence electrons. The Morgan fingerprint density at radius 3 is 2.10 bits per heavy atom. The molecular formula is C31H34Cl3N3O4S. The van der Waals surface area contributed by atoms with E-state index in [9.17, 15) is 18.0 Å². The average Bonchev–Trinajstić information content (AvgIpc) is 3.46. The number of anilines is 1. The molecule has 3 aromatic rings. The van der Waals surface area contributed by atoms with Crippen LogP contribution in [0.25, 0.3) is 0 Å². The molecule has 0 heterocycles. The molecule has 1 fully saturated rings. The van der Waals surface area contributed by atoms with Gasteiger partial charge in [-0.15, -0.1) is 0 Å². The number of amides is 2. The molecule has 7 nitrogen and oxygen atoms in total. The molecule has 0 spiro atoms. The lowest BCUT2D eigenvalue weighted by Gasteiger charge is -2.33. The summed E-state index contributed by atoms with van der Waals surface area (Å²) in [6, 6.07) is 15.4. The van der Waals surface area contributed by atoms with E-state index in [0.29, 0.717) is 26.2 Å². The van der Waals surface area contributed by atoms with Crippen molar-refractivity contribution >= 4 is 62.3 Å². The minimum absolute atomic E-state index is 0.0213. The highest BCUT2D eigenvalue weighted by atomic mass is 35.5. The van der Waals surface area contributed by atoms with Crippen LogP contribution in [0.1, 0.15) is 49.3 Å².